The monoisotopic (exact) mass is 540 g/mol. The number of aromatic nitrogens is 2. The average molecular weight is 541 g/mol. The fourth-order valence-electron chi connectivity index (χ4n) is 5.60. The molecule has 1 saturated carbocycles. The Kier molecular flexibility index (Phi) is 6.78. The number of thioether (sulfide) groups is 1. The molecule has 0 radical (unpaired) electrons. The highest BCUT2D eigenvalue weighted by Gasteiger charge is 2.47. The molecule has 1 aromatic carbocycles. The molecule has 10 heteroatoms. The number of urea groups is 1. The Morgan fingerprint density at radius 1 is 1.05 bits per heavy atom. The van der Waals surface area contributed by atoms with Crippen molar-refractivity contribution in [3.05, 3.63) is 79.1 Å². The molecule has 1 aliphatic carbocycles. The van der Waals surface area contributed by atoms with Gasteiger partial charge in [0, 0.05) is 35.6 Å². The Bertz CT molecular complexity index is 1450. The van der Waals surface area contributed by atoms with Crippen molar-refractivity contribution in [3.63, 3.8) is 0 Å². The number of pyridine rings is 2. The van der Waals surface area contributed by atoms with Crippen LogP contribution in [0, 0.1) is 0 Å². The summed E-state index contributed by atoms with van der Waals surface area (Å²) in [5.74, 6) is -0.342. The van der Waals surface area contributed by atoms with Gasteiger partial charge in [0.05, 0.1) is 23.1 Å². The van der Waals surface area contributed by atoms with Crippen LogP contribution >= 0.6 is 11.8 Å². The summed E-state index contributed by atoms with van der Waals surface area (Å²) in [7, 11) is 0. The van der Waals surface area contributed by atoms with Crippen molar-refractivity contribution in [1.29, 1.82) is 0 Å². The predicted molar refractivity (Wildman–Crippen MR) is 149 cm³/mol. The Labute approximate surface area is 230 Å². The third kappa shape index (κ3) is 4.87. The molecule has 4 amide bonds. The van der Waals surface area contributed by atoms with Gasteiger partial charge in [0.2, 0.25) is 11.8 Å². The van der Waals surface area contributed by atoms with Crippen molar-refractivity contribution < 1.29 is 14.4 Å². The Morgan fingerprint density at radius 3 is 2.62 bits per heavy atom. The number of hydrogen-bond acceptors (Lipinski definition) is 6. The SMILES string of the molecule is C=CC(=O)N[C@@H]1CCC[C@H](NC(=O)C2Sc3nccc4c3C2NC(=O)N4c2ccnc(-c3ccccc3)c2)C1. The van der Waals surface area contributed by atoms with E-state index in [2.05, 4.69) is 32.5 Å². The topological polar surface area (TPSA) is 116 Å². The molecule has 2 aliphatic heterocycles. The molecule has 0 bridgehead atoms. The standard InChI is InChI=1S/C29H28N6O3S/c1-2-23(36)32-18-9-6-10-19(15-18)33-27(37)26-25-24-22(12-14-31-28(24)39-26)35(29(38)34-25)20-11-13-30-21(16-20)17-7-4-3-5-8-17/h2-5,7-8,11-14,16,18-19,25-26H,1,6,9-10,15H2,(H,32,36)(H,33,37)(H,34,38)/t18-,19+,25?,26?/m1/s1. The summed E-state index contributed by atoms with van der Waals surface area (Å²) in [6.45, 7) is 3.51. The van der Waals surface area contributed by atoms with Crippen molar-refractivity contribution in [2.75, 3.05) is 4.90 Å². The smallest absolute Gasteiger partial charge is 0.327 e. The second-order valence-electron chi connectivity index (χ2n) is 9.90. The summed E-state index contributed by atoms with van der Waals surface area (Å²) in [6, 6.07) is 14.5. The van der Waals surface area contributed by atoms with E-state index in [1.165, 1.54) is 17.8 Å². The molecule has 0 saturated heterocycles. The van der Waals surface area contributed by atoms with Crippen molar-refractivity contribution in [2.45, 2.75) is 54.1 Å². The molecule has 39 heavy (non-hydrogen) atoms. The van der Waals surface area contributed by atoms with Gasteiger partial charge >= 0.3 is 6.03 Å². The molecule has 4 atom stereocenters. The van der Waals surface area contributed by atoms with Gasteiger partial charge in [0.15, 0.2) is 0 Å². The minimum Gasteiger partial charge on any atom is -0.352 e. The molecular weight excluding hydrogens is 512 g/mol. The normalized spacial score (nSPS) is 23.4. The first kappa shape index (κ1) is 25.1. The highest BCUT2D eigenvalue weighted by atomic mass is 32.2. The molecule has 3 N–H and O–H groups in total. The summed E-state index contributed by atoms with van der Waals surface area (Å²) in [5, 5.41) is 9.38. The van der Waals surface area contributed by atoms with Crippen molar-refractivity contribution in [2.24, 2.45) is 0 Å². The average Bonchev–Trinajstić information content (AvgIpc) is 3.33. The lowest BCUT2D eigenvalue weighted by Gasteiger charge is -2.35. The van der Waals surface area contributed by atoms with Gasteiger partial charge in [-0.1, -0.05) is 48.7 Å². The van der Waals surface area contributed by atoms with E-state index in [4.69, 9.17) is 0 Å². The van der Waals surface area contributed by atoms with Crippen LogP contribution in [0.25, 0.3) is 11.3 Å². The van der Waals surface area contributed by atoms with Crippen LogP contribution in [0.5, 0.6) is 0 Å². The number of benzene rings is 1. The Morgan fingerprint density at radius 2 is 1.82 bits per heavy atom. The van der Waals surface area contributed by atoms with Crippen molar-refractivity contribution in [1.82, 2.24) is 25.9 Å². The van der Waals surface area contributed by atoms with Gasteiger partial charge in [-0.05, 0) is 50.0 Å². The zero-order valence-electron chi connectivity index (χ0n) is 21.2. The van der Waals surface area contributed by atoms with Gasteiger partial charge in [-0.15, -0.1) is 0 Å². The maximum Gasteiger partial charge on any atom is 0.327 e. The molecule has 2 aromatic heterocycles. The molecule has 3 aliphatic rings. The van der Waals surface area contributed by atoms with Gasteiger partial charge in [-0.3, -0.25) is 19.5 Å². The summed E-state index contributed by atoms with van der Waals surface area (Å²) in [4.78, 5) is 49.4. The molecule has 1 fully saturated rings. The number of carbonyl (C=O) groups is 3. The van der Waals surface area contributed by atoms with Gasteiger partial charge in [0.1, 0.15) is 10.3 Å². The Hall–Kier alpha value is -4.18. The lowest BCUT2D eigenvalue weighted by Crippen LogP contribution is -2.51. The molecule has 4 heterocycles. The van der Waals surface area contributed by atoms with Crippen molar-refractivity contribution in [3.8, 4) is 11.3 Å². The Balaban J connectivity index is 1.23. The second kappa shape index (κ2) is 10.5. The number of nitrogens with zero attached hydrogens (tertiary/aromatic N) is 3. The summed E-state index contributed by atoms with van der Waals surface area (Å²) in [5.41, 5.74) is 3.96. The minimum absolute atomic E-state index is 0.000304. The highest BCUT2D eigenvalue weighted by molar-refractivity contribution is 8.01. The van der Waals surface area contributed by atoms with E-state index < -0.39 is 11.3 Å². The summed E-state index contributed by atoms with van der Waals surface area (Å²) >= 11 is 1.37. The predicted octanol–water partition coefficient (Wildman–Crippen LogP) is 4.25. The van der Waals surface area contributed by atoms with Crippen LogP contribution in [0.2, 0.25) is 0 Å². The summed E-state index contributed by atoms with van der Waals surface area (Å²) < 4.78 is 0. The third-order valence-corrected chi connectivity index (χ3v) is 8.68. The first-order valence-corrected chi connectivity index (χ1v) is 13.9. The molecule has 198 valence electrons. The maximum absolute atomic E-state index is 13.5. The molecule has 0 spiro atoms. The van der Waals surface area contributed by atoms with E-state index >= 15 is 0 Å². The second-order valence-corrected chi connectivity index (χ2v) is 11.0. The van der Waals surface area contributed by atoms with Gasteiger partial charge in [-0.2, -0.15) is 0 Å². The lowest BCUT2D eigenvalue weighted by atomic mass is 9.90. The largest absolute Gasteiger partial charge is 0.352 e. The number of amides is 4. The van der Waals surface area contributed by atoms with Crippen LogP contribution in [0.3, 0.4) is 0 Å². The molecule has 6 rings (SSSR count). The number of rotatable bonds is 6. The van der Waals surface area contributed by atoms with E-state index in [0.717, 1.165) is 41.1 Å². The maximum atomic E-state index is 13.5. The van der Waals surface area contributed by atoms with Crippen molar-refractivity contribution >= 4 is 41.0 Å². The first-order valence-electron chi connectivity index (χ1n) is 13.0. The van der Waals surface area contributed by atoms with Crippen LogP contribution in [-0.4, -0.2) is 45.1 Å². The van der Waals surface area contributed by atoms with Crippen LogP contribution in [0.4, 0.5) is 16.2 Å². The highest BCUT2D eigenvalue weighted by Crippen LogP contribution is 2.50. The van der Waals surface area contributed by atoms with E-state index in [1.54, 1.807) is 23.4 Å². The van der Waals surface area contributed by atoms with E-state index in [9.17, 15) is 14.4 Å². The van der Waals surface area contributed by atoms with Gasteiger partial charge in [0.25, 0.3) is 0 Å². The fourth-order valence-corrected chi connectivity index (χ4v) is 6.84. The molecular formula is C29H28N6O3S. The first-order chi connectivity index (χ1) is 19.0. The minimum atomic E-state index is -0.541. The molecule has 2 unspecified atom stereocenters. The number of hydrogen-bond donors (Lipinski definition) is 3. The van der Waals surface area contributed by atoms with Crippen LogP contribution in [0.1, 0.15) is 37.3 Å². The van der Waals surface area contributed by atoms with Crippen LogP contribution < -0.4 is 20.9 Å². The third-order valence-electron chi connectivity index (χ3n) is 7.39. The lowest BCUT2D eigenvalue weighted by molar-refractivity contribution is -0.121. The van der Waals surface area contributed by atoms with Crippen LogP contribution in [-0.2, 0) is 9.59 Å². The zero-order chi connectivity index (χ0) is 26.9. The molecule has 9 nitrogen and oxygen atoms in total. The van der Waals surface area contributed by atoms with Gasteiger partial charge < -0.3 is 16.0 Å². The number of anilines is 2. The summed E-state index contributed by atoms with van der Waals surface area (Å²) in [6.07, 6.45) is 7.92. The van der Waals surface area contributed by atoms with E-state index in [1.807, 2.05) is 42.5 Å². The van der Waals surface area contributed by atoms with E-state index in [0.29, 0.717) is 17.8 Å². The molecule has 3 aromatic rings. The van der Waals surface area contributed by atoms with E-state index in [-0.39, 0.29) is 29.9 Å². The fraction of sp³-hybridized carbons (Fsp3) is 0.276. The van der Waals surface area contributed by atoms with Crippen LogP contribution in [0.15, 0.2) is 78.6 Å². The quantitative estimate of drug-likeness (QED) is 0.403. The number of carbonyl (C=O) groups excluding carboxylic acids is 3. The van der Waals surface area contributed by atoms with Gasteiger partial charge in [-0.25, -0.2) is 9.78 Å². The zero-order valence-corrected chi connectivity index (χ0v) is 22.0. The number of nitrogens with one attached hydrogen (secondary N) is 3.